The molecule has 1 aliphatic heterocycles. The fourth-order valence-corrected chi connectivity index (χ4v) is 7.95. The van der Waals surface area contributed by atoms with Crippen LogP contribution in [-0.2, 0) is 33.3 Å². The van der Waals surface area contributed by atoms with Crippen LogP contribution in [0.3, 0.4) is 0 Å². The third kappa shape index (κ3) is 7.22. The Kier molecular flexibility index (Phi) is 10.7. The molecule has 5 rings (SSSR count). The highest BCUT2D eigenvalue weighted by Crippen LogP contribution is 2.53. The lowest BCUT2D eigenvalue weighted by molar-refractivity contribution is -0.287. The Morgan fingerprint density at radius 3 is 2.09 bits per heavy atom. The lowest BCUT2D eigenvalue weighted by Crippen LogP contribution is -2.63. The van der Waals surface area contributed by atoms with Crippen LogP contribution < -0.4 is 9.47 Å². The summed E-state index contributed by atoms with van der Waals surface area (Å²) in [5.74, 6) is 6.11. The van der Waals surface area contributed by atoms with E-state index in [9.17, 15) is 24.3 Å². The number of esters is 3. The van der Waals surface area contributed by atoms with Gasteiger partial charge < -0.3 is 33.5 Å². The number of rotatable bonds is 9. The fraction of sp³-hybridized carbons (Fsp3) is 0.562. The number of aliphatic hydroxyl groups excluding tert-OH is 1. The molecule has 46 heavy (non-hydrogen) atoms. The first kappa shape index (κ1) is 34.2. The third-order valence-electron chi connectivity index (χ3n) is 8.43. The van der Waals surface area contributed by atoms with Crippen molar-refractivity contribution >= 4 is 66.6 Å². The van der Waals surface area contributed by atoms with E-state index in [1.165, 1.54) is 17.7 Å². The first-order chi connectivity index (χ1) is 21.9. The predicted octanol–water partition coefficient (Wildman–Crippen LogP) is 4.54. The number of fused-ring (bicyclic) bond motifs is 2. The predicted molar refractivity (Wildman–Crippen MR) is 169 cm³/mol. The molecule has 2 heterocycles. The van der Waals surface area contributed by atoms with E-state index >= 15 is 0 Å². The van der Waals surface area contributed by atoms with Crippen molar-refractivity contribution in [2.75, 3.05) is 13.2 Å². The molecular formula is C32H35Br2NO11. The van der Waals surface area contributed by atoms with Crippen molar-refractivity contribution in [1.29, 1.82) is 0 Å². The van der Waals surface area contributed by atoms with Gasteiger partial charge in [-0.25, -0.2) is 0 Å². The van der Waals surface area contributed by atoms with Gasteiger partial charge in [0.1, 0.15) is 17.6 Å². The van der Waals surface area contributed by atoms with Crippen LogP contribution in [-0.4, -0.2) is 77.4 Å². The van der Waals surface area contributed by atoms with Gasteiger partial charge in [0.2, 0.25) is 18.3 Å². The molecule has 0 amide bonds. The second-order valence-electron chi connectivity index (χ2n) is 11.6. The van der Waals surface area contributed by atoms with Crippen LogP contribution in [0.1, 0.15) is 58.2 Å². The van der Waals surface area contributed by atoms with Gasteiger partial charge in [0.05, 0.1) is 39.3 Å². The molecule has 8 atom stereocenters. The Hall–Kier alpha value is -3.12. The van der Waals surface area contributed by atoms with Crippen molar-refractivity contribution in [2.45, 2.75) is 84.1 Å². The van der Waals surface area contributed by atoms with Crippen molar-refractivity contribution in [3.63, 3.8) is 0 Å². The SMILES string of the molecule is CC(=O)O[C@@H]1[C@@H](OC(C)=O)[C@H](Oc2cn(C(C)=O)c3cc(Br)c(OCC4[C@H]5CCC#CCC[C@@H]45)c(Br)c23)O[C@H](CO)[C@H]1OC(C)=O. The summed E-state index contributed by atoms with van der Waals surface area (Å²) in [5.41, 5.74) is 0.478. The maximum absolute atomic E-state index is 12.7. The van der Waals surface area contributed by atoms with Gasteiger partial charge in [-0.15, -0.1) is 11.8 Å². The largest absolute Gasteiger partial charge is 0.491 e. The van der Waals surface area contributed by atoms with E-state index in [0.29, 0.717) is 50.0 Å². The molecule has 12 nitrogen and oxygen atoms in total. The number of benzene rings is 1. The molecule has 1 saturated heterocycles. The molecule has 0 bridgehead atoms. The molecule has 1 N–H and O–H groups in total. The van der Waals surface area contributed by atoms with Crippen LogP contribution >= 0.6 is 31.9 Å². The summed E-state index contributed by atoms with van der Waals surface area (Å²) in [7, 11) is 0. The third-order valence-corrected chi connectivity index (χ3v) is 9.77. The highest BCUT2D eigenvalue weighted by molar-refractivity contribution is 9.11. The number of hydrogen-bond donors (Lipinski definition) is 1. The molecule has 0 spiro atoms. The van der Waals surface area contributed by atoms with Crippen molar-refractivity contribution in [1.82, 2.24) is 4.57 Å². The topological polar surface area (TPSA) is 149 Å². The minimum absolute atomic E-state index is 0.144. The molecule has 248 valence electrons. The minimum atomic E-state index is -1.46. The summed E-state index contributed by atoms with van der Waals surface area (Å²) in [6.07, 6.45) is -1.46. The number of halogens is 2. The number of ether oxygens (including phenoxy) is 6. The average Bonchev–Trinajstić information content (AvgIpc) is 3.45. The highest BCUT2D eigenvalue weighted by atomic mass is 79.9. The molecule has 14 heteroatoms. The van der Waals surface area contributed by atoms with Gasteiger partial charge >= 0.3 is 17.9 Å². The Bertz CT molecular complexity index is 1580. The van der Waals surface area contributed by atoms with Crippen LogP contribution in [0.5, 0.6) is 11.5 Å². The van der Waals surface area contributed by atoms with Crippen LogP contribution in [0.2, 0.25) is 0 Å². The molecular weight excluding hydrogens is 734 g/mol. The Morgan fingerprint density at radius 2 is 1.52 bits per heavy atom. The highest BCUT2D eigenvalue weighted by Gasteiger charge is 2.53. The smallest absolute Gasteiger partial charge is 0.303 e. The van der Waals surface area contributed by atoms with Gasteiger partial charge in [-0.3, -0.25) is 23.7 Å². The van der Waals surface area contributed by atoms with E-state index < -0.39 is 55.2 Å². The maximum atomic E-state index is 12.7. The van der Waals surface area contributed by atoms with E-state index in [1.54, 1.807) is 6.07 Å². The van der Waals surface area contributed by atoms with Crippen LogP contribution in [0.25, 0.3) is 10.9 Å². The summed E-state index contributed by atoms with van der Waals surface area (Å²) in [5, 5.41) is 10.6. The van der Waals surface area contributed by atoms with Gasteiger partial charge in [-0.05, 0) is 68.5 Å². The summed E-state index contributed by atoms with van der Waals surface area (Å²) in [6, 6.07) is 1.74. The van der Waals surface area contributed by atoms with Crippen LogP contribution in [0, 0.1) is 29.6 Å². The van der Waals surface area contributed by atoms with E-state index in [4.69, 9.17) is 28.4 Å². The molecule has 1 saturated carbocycles. The molecule has 3 aliphatic rings. The van der Waals surface area contributed by atoms with Crippen molar-refractivity contribution in [3.05, 3.63) is 21.2 Å². The first-order valence-corrected chi connectivity index (χ1v) is 16.6. The molecule has 1 unspecified atom stereocenters. The van der Waals surface area contributed by atoms with E-state index in [2.05, 4.69) is 43.7 Å². The standard InChI is InChI=1S/C32H35Br2NO11/c1-15(37)35-12-24(45-32-31(44-18(4)40)30(43-17(3)39)29(42-16(2)38)25(13-36)46-32)26-23(35)11-22(33)28(27(26)34)41-14-21-19-9-7-5-6-8-10-20(19)21/h11-12,19-21,25,29-32,36H,7-10,13-14H2,1-4H3/t19-,20+,21?,25-,29-,30+,31-,32-/m1/s1. The van der Waals surface area contributed by atoms with Gasteiger partial charge in [-0.2, -0.15) is 0 Å². The average molecular weight is 769 g/mol. The zero-order chi connectivity index (χ0) is 33.3. The number of carbonyl (C=O) groups is 4. The fourth-order valence-electron chi connectivity index (χ4n) is 6.43. The lowest BCUT2D eigenvalue weighted by atomic mass is 9.98. The molecule has 0 radical (unpaired) electrons. The Labute approximate surface area is 282 Å². The minimum Gasteiger partial charge on any atom is -0.491 e. The zero-order valence-electron chi connectivity index (χ0n) is 25.7. The Balaban J connectivity index is 1.50. The monoisotopic (exact) mass is 767 g/mol. The van der Waals surface area contributed by atoms with Gasteiger partial charge in [0, 0.05) is 40.5 Å². The number of hydrogen-bond acceptors (Lipinski definition) is 11. The van der Waals surface area contributed by atoms with E-state index in [0.717, 1.165) is 46.5 Å². The normalized spacial score (nSPS) is 28.4. The summed E-state index contributed by atoms with van der Waals surface area (Å²) >= 11 is 7.27. The van der Waals surface area contributed by atoms with Gasteiger partial charge in [-0.1, -0.05) is 0 Å². The number of aromatic nitrogens is 1. The number of aliphatic hydroxyl groups is 1. The lowest BCUT2D eigenvalue weighted by Gasteiger charge is -2.43. The number of nitrogens with zero attached hydrogens (tertiary/aromatic N) is 1. The van der Waals surface area contributed by atoms with Crippen molar-refractivity contribution in [2.24, 2.45) is 17.8 Å². The van der Waals surface area contributed by atoms with Gasteiger partial charge in [0.15, 0.2) is 12.2 Å². The summed E-state index contributed by atoms with van der Waals surface area (Å²) in [4.78, 5) is 49.0. The van der Waals surface area contributed by atoms with Gasteiger partial charge in [0.25, 0.3) is 0 Å². The molecule has 2 aliphatic carbocycles. The number of carbonyl (C=O) groups excluding carboxylic acids is 4. The second kappa shape index (κ2) is 14.3. The van der Waals surface area contributed by atoms with Crippen molar-refractivity contribution < 1.29 is 52.7 Å². The first-order valence-electron chi connectivity index (χ1n) is 15.0. The Morgan fingerprint density at radius 1 is 0.935 bits per heavy atom. The maximum Gasteiger partial charge on any atom is 0.303 e. The summed E-state index contributed by atoms with van der Waals surface area (Å²) < 4.78 is 37.5. The van der Waals surface area contributed by atoms with Crippen LogP contribution in [0.15, 0.2) is 21.2 Å². The molecule has 2 aromatic rings. The summed E-state index contributed by atoms with van der Waals surface area (Å²) in [6.45, 7) is 4.67. The van der Waals surface area contributed by atoms with Crippen LogP contribution in [0.4, 0.5) is 0 Å². The quantitative estimate of drug-likeness (QED) is 0.218. The second-order valence-corrected chi connectivity index (χ2v) is 13.2. The molecule has 2 fully saturated rings. The van der Waals surface area contributed by atoms with Crippen molar-refractivity contribution in [3.8, 4) is 23.3 Å². The zero-order valence-corrected chi connectivity index (χ0v) is 28.9. The molecule has 1 aromatic heterocycles. The van der Waals surface area contributed by atoms with E-state index in [1.807, 2.05) is 0 Å². The molecule has 1 aromatic carbocycles. The van der Waals surface area contributed by atoms with E-state index in [-0.39, 0.29) is 11.7 Å².